The molecule has 0 spiro atoms. The third-order valence-corrected chi connectivity index (χ3v) is 6.27. The van der Waals surface area contributed by atoms with Crippen LogP contribution in [0.4, 0.5) is 0 Å². The first-order valence-electron chi connectivity index (χ1n) is 5.86. The van der Waals surface area contributed by atoms with Gasteiger partial charge in [-0.05, 0) is 44.6 Å². The van der Waals surface area contributed by atoms with Gasteiger partial charge in [0.2, 0.25) is 0 Å². The summed E-state index contributed by atoms with van der Waals surface area (Å²) in [6.07, 6.45) is 0. The van der Waals surface area contributed by atoms with E-state index in [0.29, 0.717) is 19.4 Å². The Balaban J connectivity index is 2.21. The number of nitrogens with zero attached hydrogens (tertiary/aromatic N) is 1. The molecule has 0 unspecified atom stereocenters. The Bertz CT molecular complexity index is 844. The molecule has 0 bridgehead atoms. The van der Waals surface area contributed by atoms with Crippen LogP contribution >= 0.6 is 61.5 Å². The number of rotatable bonds is 2. The summed E-state index contributed by atoms with van der Waals surface area (Å²) in [6.45, 7) is 0. The lowest BCUT2D eigenvalue weighted by Crippen LogP contribution is -2.14. The van der Waals surface area contributed by atoms with Crippen LogP contribution in [0.25, 0.3) is 22.0 Å². The van der Waals surface area contributed by atoms with E-state index >= 15 is 0 Å². The third kappa shape index (κ3) is 3.08. The van der Waals surface area contributed by atoms with E-state index < -0.39 is 0 Å². The highest BCUT2D eigenvalue weighted by atomic mass is 127. The first-order valence-corrected chi connectivity index (χ1v) is 8.93. The number of benzene rings is 1. The minimum atomic E-state index is -0.153. The zero-order valence-electron chi connectivity index (χ0n) is 10.4. The van der Waals surface area contributed by atoms with Crippen LogP contribution in [0, 0.1) is 3.57 Å². The largest absolute Gasteiger partial charge is 0.305 e. The molecule has 1 aromatic carbocycles. The van der Waals surface area contributed by atoms with Gasteiger partial charge in [0.15, 0.2) is 5.82 Å². The lowest BCUT2D eigenvalue weighted by molar-refractivity contribution is 1.12. The van der Waals surface area contributed by atoms with E-state index in [4.69, 9.17) is 11.6 Å². The monoisotopic (exact) mass is 492 g/mol. The molecule has 0 aliphatic heterocycles. The molecule has 3 aromatic rings. The van der Waals surface area contributed by atoms with Gasteiger partial charge in [0.25, 0.3) is 5.56 Å². The predicted octanol–water partition coefficient (Wildman–Crippen LogP) is 5.19. The fraction of sp³-hybridized carbons (Fsp3) is 0. The molecule has 7 heteroatoms. The summed E-state index contributed by atoms with van der Waals surface area (Å²) in [5.74, 6) is 0.525. The highest BCUT2D eigenvalue weighted by Gasteiger charge is 2.14. The van der Waals surface area contributed by atoms with Crippen molar-refractivity contribution in [1.82, 2.24) is 9.97 Å². The van der Waals surface area contributed by atoms with Crippen LogP contribution in [0.5, 0.6) is 0 Å². The van der Waals surface area contributed by atoms with E-state index in [1.54, 1.807) is 0 Å². The molecule has 0 saturated heterocycles. The highest BCUT2D eigenvalue weighted by Crippen LogP contribution is 2.37. The summed E-state index contributed by atoms with van der Waals surface area (Å²) >= 11 is 12.8. The molecule has 0 fully saturated rings. The van der Waals surface area contributed by atoms with Gasteiger partial charge in [-0.25, -0.2) is 4.98 Å². The van der Waals surface area contributed by atoms with Crippen molar-refractivity contribution in [2.75, 3.05) is 0 Å². The van der Waals surface area contributed by atoms with Gasteiger partial charge < -0.3 is 4.98 Å². The van der Waals surface area contributed by atoms with E-state index in [1.807, 2.05) is 59.0 Å². The van der Waals surface area contributed by atoms with Crippen molar-refractivity contribution in [3.63, 3.8) is 0 Å². The molecule has 0 saturated carbocycles. The minimum Gasteiger partial charge on any atom is -0.305 e. The van der Waals surface area contributed by atoms with Crippen molar-refractivity contribution in [3.8, 4) is 22.0 Å². The molecule has 3 nitrogen and oxygen atoms in total. The third-order valence-electron chi connectivity index (χ3n) is 2.79. The number of hydrogen-bond donors (Lipinski definition) is 1. The average molecular weight is 494 g/mol. The Morgan fingerprint density at radius 2 is 2.00 bits per heavy atom. The van der Waals surface area contributed by atoms with Gasteiger partial charge in [-0.2, -0.15) is 0 Å². The second-order valence-electron chi connectivity index (χ2n) is 4.18. The van der Waals surface area contributed by atoms with Gasteiger partial charge in [0, 0.05) is 10.0 Å². The molecule has 0 atom stereocenters. The zero-order chi connectivity index (χ0) is 15.0. The maximum Gasteiger partial charge on any atom is 0.265 e. The summed E-state index contributed by atoms with van der Waals surface area (Å²) in [7, 11) is 0. The van der Waals surface area contributed by atoms with Crippen LogP contribution in [-0.2, 0) is 0 Å². The smallest absolute Gasteiger partial charge is 0.265 e. The van der Waals surface area contributed by atoms with E-state index in [9.17, 15) is 4.79 Å². The molecule has 0 amide bonds. The van der Waals surface area contributed by atoms with Crippen LogP contribution < -0.4 is 5.56 Å². The number of aromatic amines is 1. The number of hydrogen-bond acceptors (Lipinski definition) is 3. The summed E-state index contributed by atoms with van der Waals surface area (Å²) < 4.78 is 2.00. The molecule has 0 aliphatic carbocycles. The number of nitrogens with one attached hydrogen (secondary N) is 1. The van der Waals surface area contributed by atoms with Crippen LogP contribution in [0.1, 0.15) is 0 Å². The molecular formula is C14H7BrClIN2OS. The lowest BCUT2D eigenvalue weighted by Gasteiger charge is -2.05. The fourth-order valence-corrected chi connectivity index (χ4v) is 4.04. The molecule has 21 heavy (non-hydrogen) atoms. The second kappa shape index (κ2) is 6.20. The van der Waals surface area contributed by atoms with Crippen LogP contribution in [0.15, 0.2) is 45.7 Å². The van der Waals surface area contributed by atoms with E-state index in [2.05, 4.69) is 25.9 Å². The summed E-state index contributed by atoms with van der Waals surface area (Å²) in [4.78, 5) is 20.4. The Labute approximate surface area is 151 Å². The van der Waals surface area contributed by atoms with Gasteiger partial charge in [0.05, 0.1) is 10.6 Å². The van der Waals surface area contributed by atoms with E-state index in [-0.39, 0.29) is 5.56 Å². The summed E-state index contributed by atoms with van der Waals surface area (Å²) in [5.41, 5.74) is 1.44. The first kappa shape index (κ1) is 15.2. The van der Waals surface area contributed by atoms with Crippen molar-refractivity contribution >= 4 is 61.5 Å². The van der Waals surface area contributed by atoms with Crippen LogP contribution in [-0.4, -0.2) is 9.97 Å². The Kier molecular flexibility index (Phi) is 4.49. The van der Waals surface area contributed by atoms with Gasteiger partial charge >= 0.3 is 0 Å². The quantitative estimate of drug-likeness (QED) is 0.500. The number of thiophene rings is 1. The normalized spacial score (nSPS) is 10.8. The van der Waals surface area contributed by atoms with E-state index in [0.717, 1.165) is 14.9 Å². The number of H-pyrrole nitrogens is 1. The molecule has 106 valence electrons. The maximum atomic E-state index is 12.2. The molecule has 0 radical (unpaired) electrons. The van der Waals surface area contributed by atoms with Crippen LogP contribution in [0.2, 0.25) is 4.34 Å². The lowest BCUT2D eigenvalue weighted by atomic mass is 10.1. The van der Waals surface area contributed by atoms with Gasteiger partial charge in [-0.1, -0.05) is 41.9 Å². The second-order valence-corrected chi connectivity index (χ2v) is 7.76. The molecule has 2 aromatic heterocycles. The first-order chi connectivity index (χ1) is 10.1. The summed E-state index contributed by atoms with van der Waals surface area (Å²) in [6, 6.07) is 11.5. The summed E-state index contributed by atoms with van der Waals surface area (Å²) in [5, 5.41) is 0. The topological polar surface area (TPSA) is 45.8 Å². The van der Waals surface area contributed by atoms with Crippen molar-refractivity contribution in [3.05, 3.63) is 59.1 Å². The Morgan fingerprint density at radius 3 is 2.62 bits per heavy atom. The number of halogens is 3. The zero-order valence-corrected chi connectivity index (χ0v) is 15.7. The highest BCUT2D eigenvalue weighted by molar-refractivity contribution is 14.1. The molecule has 0 aliphatic rings. The molecule has 1 N–H and O–H groups in total. The maximum absolute atomic E-state index is 12.2. The van der Waals surface area contributed by atoms with E-state index in [1.165, 1.54) is 11.3 Å². The fourth-order valence-electron chi connectivity index (χ4n) is 1.83. The van der Waals surface area contributed by atoms with Crippen molar-refractivity contribution in [1.29, 1.82) is 0 Å². The van der Waals surface area contributed by atoms with Gasteiger partial charge in [-0.3, -0.25) is 4.79 Å². The van der Waals surface area contributed by atoms with Crippen molar-refractivity contribution in [2.45, 2.75) is 0 Å². The molecule has 3 rings (SSSR count). The SMILES string of the molecule is O=c1[nH]c(-c2cc(Br)c(Cl)s2)nc(-c2ccccc2)c1I. The molecular weight excluding hydrogens is 486 g/mol. The van der Waals surface area contributed by atoms with Gasteiger partial charge in [-0.15, -0.1) is 11.3 Å². The Hall–Kier alpha value is -0.700. The number of aromatic nitrogens is 2. The standard InChI is InChI=1S/C14H7BrClIN2OS/c15-8-6-9(21-12(8)16)13-18-11(10(17)14(20)19-13)7-4-2-1-3-5-7/h1-6H,(H,18,19,20). The van der Waals surface area contributed by atoms with Gasteiger partial charge in [0.1, 0.15) is 7.91 Å². The minimum absolute atomic E-state index is 0.153. The van der Waals surface area contributed by atoms with Crippen LogP contribution in [0.3, 0.4) is 0 Å². The average Bonchev–Trinajstić information content (AvgIpc) is 2.82. The Morgan fingerprint density at radius 1 is 1.29 bits per heavy atom. The predicted molar refractivity (Wildman–Crippen MR) is 99.0 cm³/mol. The van der Waals surface area contributed by atoms with Crippen molar-refractivity contribution in [2.24, 2.45) is 0 Å². The molecule has 2 heterocycles. The van der Waals surface area contributed by atoms with Crippen molar-refractivity contribution < 1.29 is 0 Å².